The number of fused-ring (bicyclic) bond motifs is 1. The molecule has 4 heteroatoms. The molecule has 0 radical (unpaired) electrons. The molecule has 0 aliphatic carbocycles. The Hall–Kier alpha value is -1.16. The van der Waals surface area contributed by atoms with Crippen LogP contribution in [0, 0.1) is 0 Å². The van der Waals surface area contributed by atoms with Gasteiger partial charge in [0.1, 0.15) is 5.75 Å². The van der Waals surface area contributed by atoms with Crippen LogP contribution < -0.4 is 10.5 Å². The molecular formula is C11H13F2NO. The van der Waals surface area contributed by atoms with Crippen molar-refractivity contribution in [2.45, 2.75) is 25.3 Å². The van der Waals surface area contributed by atoms with Crippen molar-refractivity contribution in [1.29, 1.82) is 0 Å². The Morgan fingerprint density at radius 3 is 2.87 bits per heavy atom. The third-order valence-corrected chi connectivity index (χ3v) is 2.76. The number of hydrogen-bond donors (Lipinski definition) is 1. The Labute approximate surface area is 87.0 Å². The summed E-state index contributed by atoms with van der Waals surface area (Å²) >= 11 is 0. The van der Waals surface area contributed by atoms with Crippen LogP contribution >= 0.6 is 0 Å². The zero-order valence-electron chi connectivity index (χ0n) is 8.47. The van der Waals surface area contributed by atoms with Gasteiger partial charge in [0.15, 0.2) is 0 Å². The van der Waals surface area contributed by atoms with Crippen LogP contribution in [-0.2, 0) is 12.0 Å². The van der Waals surface area contributed by atoms with Crippen molar-refractivity contribution in [3.05, 3.63) is 29.3 Å². The van der Waals surface area contributed by atoms with Gasteiger partial charge < -0.3 is 10.5 Å². The molecule has 1 aliphatic rings. The summed E-state index contributed by atoms with van der Waals surface area (Å²) in [6, 6.07) is 5.04. The quantitative estimate of drug-likeness (QED) is 0.816. The van der Waals surface area contributed by atoms with E-state index in [1.807, 2.05) is 0 Å². The molecule has 1 aliphatic heterocycles. The molecule has 0 saturated carbocycles. The Morgan fingerprint density at radius 2 is 2.20 bits per heavy atom. The lowest BCUT2D eigenvalue weighted by Gasteiger charge is -2.24. The van der Waals surface area contributed by atoms with Gasteiger partial charge in [-0.25, -0.2) is 8.78 Å². The number of alkyl halides is 2. The monoisotopic (exact) mass is 213 g/mol. The Kier molecular flexibility index (Phi) is 2.38. The van der Waals surface area contributed by atoms with Crippen molar-refractivity contribution in [3.8, 4) is 5.75 Å². The van der Waals surface area contributed by atoms with Crippen molar-refractivity contribution >= 4 is 0 Å². The molecule has 1 atom stereocenters. The zero-order chi connectivity index (χ0) is 11.1. The van der Waals surface area contributed by atoms with Gasteiger partial charge in [-0.15, -0.1) is 0 Å². The average Bonchev–Trinajstić information content (AvgIpc) is 2.63. The number of nitrogens with two attached hydrogens (primary N) is 1. The fourth-order valence-corrected chi connectivity index (χ4v) is 1.65. The van der Waals surface area contributed by atoms with Crippen LogP contribution in [0.2, 0.25) is 0 Å². The summed E-state index contributed by atoms with van der Waals surface area (Å²) in [5.41, 5.74) is 5.42. The minimum Gasteiger partial charge on any atom is -0.493 e. The van der Waals surface area contributed by atoms with E-state index >= 15 is 0 Å². The highest BCUT2D eigenvalue weighted by atomic mass is 19.3. The van der Waals surface area contributed by atoms with E-state index in [4.69, 9.17) is 10.5 Å². The minimum atomic E-state index is -2.57. The number of benzene rings is 1. The SMILES string of the molecule is CC(N)(c1ccc2c(c1)CCO2)C(F)F. The summed E-state index contributed by atoms with van der Waals surface area (Å²) in [7, 11) is 0. The highest BCUT2D eigenvalue weighted by Gasteiger charge is 2.33. The number of rotatable bonds is 2. The van der Waals surface area contributed by atoms with Crippen LogP contribution in [-0.4, -0.2) is 13.0 Å². The molecule has 0 bridgehead atoms. The van der Waals surface area contributed by atoms with E-state index in [9.17, 15) is 8.78 Å². The van der Waals surface area contributed by atoms with E-state index in [0.717, 1.165) is 17.7 Å². The lowest BCUT2D eigenvalue weighted by atomic mass is 9.92. The highest BCUT2D eigenvalue weighted by Crippen LogP contribution is 2.31. The summed E-state index contributed by atoms with van der Waals surface area (Å²) in [6.45, 7) is 1.96. The first kappa shape index (κ1) is 10.4. The molecule has 0 amide bonds. The highest BCUT2D eigenvalue weighted by molar-refractivity contribution is 5.42. The topological polar surface area (TPSA) is 35.2 Å². The van der Waals surface area contributed by atoms with Crippen LogP contribution in [0.25, 0.3) is 0 Å². The first-order valence-electron chi connectivity index (χ1n) is 4.85. The van der Waals surface area contributed by atoms with Gasteiger partial charge >= 0.3 is 0 Å². The summed E-state index contributed by atoms with van der Waals surface area (Å²) in [5.74, 6) is 0.781. The van der Waals surface area contributed by atoms with Gasteiger partial charge in [0, 0.05) is 6.42 Å². The number of hydrogen-bond acceptors (Lipinski definition) is 2. The molecule has 82 valence electrons. The first-order valence-corrected chi connectivity index (χ1v) is 4.85. The molecule has 2 nitrogen and oxygen atoms in total. The first-order chi connectivity index (χ1) is 7.01. The second-order valence-corrected chi connectivity index (χ2v) is 4.00. The van der Waals surface area contributed by atoms with Crippen molar-refractivity contribution in [2.75, 3.05) is 6.61 Å². The van der Waals surface area contributed by atoms with Crippen LogP contribution in [0.3, 0.4) is 0 Å². The van der Waals surface area contributed by atoms with Crippen molar-refractivity contribution in [1.82, 2.24) is 0 Å². The standard InChI is InChI=1S/C11H13F2NO/c1-11(14,10(12)13)8-2-3-9-7(6-8)4-5-15-9/h2-3,6,10H,4-5,14H2,1H3. The molecule has 0 saturated heterocycles. The van der Waals surface area contributed by atoms with Gasteiger partial charge in [-0.1, -0.05) is 6.07 Å². The normalized spacial score (nSPS) is 18.5. The Balaban J connectivity index is 2.38. The molecule has 1 heterocycles. The molecule has 1 unspecified atom stereocenters. The summed E-state index contributed by atoms with van der Waals surface area (Å²) in [5, 5.41) is 0. The second-order valence-electron chi connectivity index (χ2n) is 4.00. The predicted octanol–water partition coefficient (Wildman–Crippen LogP) is 2.06. The van der Waals surface area contributed by atoms with E-state index in [-0.39, 0.29) is 0 Å². The summed E-state index contributed by atoms with van der Waals surface area (Å²) < 4.78 is 30.7. The number of halogens is 2. The van der Waals surface area contributed by atoms with E-state index in [1.54, 1.807) is 18.2 Å². The summed E-state index contributed by atoms with van der Waals surface area (Å²) in [6.07, 6.45) is -1.81. The van der Waals surface area contributed by atoms with Crippen LogP contribution in [0.4, 0.5) is 8.78 Å². The molecule has 0 fully saturated rings. The van der Waals surface area contributed by atoms with Gasteiger partial charge in [-0.05, 0) is 30.2 Å². The van der Waals surface area contributed by atoms with Gasteiger partial charge in [0.25, 0.3) is 6.43 Å². The fraction of sp³-hybridized carbons (Fsp3) is 0.455. The molecule has 15 heavy (non-hydrogen) atoms. The van der Waals surface area contributed by atoms with E-state index < -0.39 is 12.0 Å². The van der Waals surface area contributed by atoms with Crippen LogP contribution in [0.5, 0.6) is 5.75 Å². The van der Waals surface area contributed by atoms with Gasteiger partial charge in [-0.2, -0.15) is 0 Å². The predicted molar refractivity (Wildman–Crippen MR) is 53.2 cm³/mol. The average molecular weight is 213 g/mol. The van der Waals surface area contributed by atoms with Gasteiger partial charge in [0.2, 0.25) is 0 Å². The maximum Gasteiger partial charge on any atom is 0.260 e. The van der Waals surface area contributed by atoms with Crippen molar-refractivity contribution < 1.29 is 13.5 Å². The zero-order valence-corrected chi connectivity index (χ0v) is 8.47. The molecule has 1 aromatic carbocycles. The maximum atomic E-state index is 12.7. The van der Waals surface area contributed by atoms with Gasteiger partial charge in [-0.3, -0.25) is 0 Å². The van der Waals surface area contributed by atoms with Crippen LogP contribution in [0.1, 0.15) is 18.1 Å². The molecule has 1 aromatic rings. The minimum absolute atomic E-state index is 0.460. The van der Waals surface area contributed by atoms with Crippen molar-refractivity contribution in [3.63, 3.8) is 0 Å². The van der Waals surface area contributed by atoms with E-state index in [2.05, 4.69) is 0 Å². The lowest BCUT2D eigenvalue weighted by Crippen LogP contribution is -2.40. The third kappa shape index (κ3) is 1.69. The Bertz CT molecular complexity index is 377. The third-order valence-electron chi connectivity index (χ3n) is 2.76. The van der Waals surface area contributed by atoms with Gasteiger partial charge in [0.05, 0.1) is 12.1 Å². The van der Waals surface area contributed by atoms with Crippen molar-refractivity contribution in [2.24, 2.45) is 5.73 Å². The molecule has 0 spiro atoms. The lowest BCUT2D eigenvalue weighted by molar-refractivity contribution is 0.0625. The second kappa shape index (κ2) is 3.45. The summed E-state index contributed by atoms with van der Waals surface area (Å²) in [4.78, 5) is 0. The maximum absolute atomic E-state index is 12.7. The largest absolute Gasteiger partial charge is 0.493 e. The molecule has 0 aromatic heterocycles. The fourth-order valence-electron chi connectivity index (χ4n) is 1.65. The van der Waals surface area contributed by atoms with E-state index in [0.29, 0.717) is 12.2 Å². The molecule has 2 rings (SSSR count). The van der Waals surface area contributed by atoms with Crippen LogP contribution in [0.15, 0.2) is 18.2 Å². The molecule has 2 N–H and O–H groups in total. The molecular weight excluding hydrogens is 200 g/mol. The van der Waals surface area contributed by atoms with E-state index in [1.165, 1.54) is 6.92 Å². The smallest absolute Gasteiger partial charge is 0.260 e. The Morgan fingerprint density at radius 1 is 1.47 bits per heavy atom. The number of ether oxygens (including phenoxy) is 1.